The fraction of sp³-hybridized carbons (Fsp3) is 0.125. The molecule has 0 saturated carbocycles. The van der Waals surface area contributed by atoms with Crippen molar-refractivity contribution < 1.29 is 26.8 Å². The molecule has 0 atom stereocenters. The first kappa shape index (κ1) is 20.9. The summed E-state index contributed by atoms with van der Waals surface area (Å²) in [5.41, 5.74) is 2.74. The van der Waals surface area contributed by atoms with E-state index in [1.54, 1.807) is 6.07 Å². The number of rotatable bonds is 6. The molecule has 0 bridgehead atoms. The molecular formula is C24H20N2O6S. The van der Waals surface area contributed by atoms with Crippen molar-refractivity contribution in [1.29, 1.82) is 0 Å². The molecule has 0 spiro atoms. The lowest BCUT2D eigenvalue weighted by atomic mass is 10.00. The Balaban J connectivity index is 1.70. The van der Waals surface area contributed by atoms with Gasteiger partial charge >= 0.3 is 0 Å². The van der Waals surface area contributed by atoms with Crippen LogP contribution in [0.4, 0.5) is 5.82 Å². The van der Waals surface area contributed by atoms with Crippen LogP contribution in [0.2, 0.25) is 0 Å². The normalized spacial score (nSPS) is 11.7. The number of benzene rings is 3. The van der Waals surface area contributed by atoms with Crippen LogP contribution in [0, 0.1) is 6.92 Å². The van der Waals surface area contributed by atoms with Crippen molar-refractivity contribution in [2.24, 2.45) is 0 Å². The van der Waals surface area contributed by atoms with Crippen LogP contribution in [-0.4, -0.2) is 27.8 Å². The van der Waals surface area contributed by atoms with Crippen molar-refractivity contribution in [3.63, 3.8) is 0 Å². The average Bonchev–Trinajstić information content (AvgIpc) is 3.40. The number of nitrogens with one attached hydrogen (secondary N) is 1. The van der Waals surface area contributed by atoms with Crippen molar-refractivity contribution in [3.8, 4) is 22.6 Å². The van der Waals surface area contributed by atoms with Crippen LogP contribution < -0.4 is 14.2 Å². The minimum absolute atomic E-state index is 0.0110. The van der Waals surface area contributed by atoms with Crippen molar-refractivity contribution in [1.82, 2.24) is 5.16 Å². The van der Waals surface area contributed by atoms with Gasteiger partial charge in [0.05, 0.1) is 14.2 Å². The van der Waals surface area contributed by atoms with Crippen molar-refractivity contribution in [2.75, 3.05) is 18.9 Å². The first-order valence-corrected chi connectivity index (χ1v) is 11.5. The number of hydrogen-bond donors (Lipinski definition) is 1. The van der Waals surface area contributed by atoms with Gasteiger partial charge in [0, 0.05) is 5.39 Å². The van der Waals surface area contributed by atoms with Gasteiger partial charge in [0.1, 0.15) is 28.2 Å². The molecule has 8 nitrogen and oxygen atoms in total. The Morgan fingerprint density at radius 1 is 0.939 bits per heavy atom. The molecule has 5 aromatic rings. The van der Waals surface area contributed by atoms with Crippen LogP contribution >= 0.6 is 0 Å². The molecule has 0 unspecified atom stereocenters. The van der Waals surface area contributed by atoms with Gasteiger partial charge in [-0.15, -0.1) is 0 Å². The number of anilines is 1. The lowest BCUT2D eigenvalue weighted by Crippen LogP contribution is -2.15. The van der Waals surface area contributed by atoms with Crippen molar-refractivity contribution in [3.05, 3.63) is 66.4 Å². The second kappa shape index (κ2) is 7.86. The number of methoxy groups -OCH3 is 2. The van der Waals surface area contributed by atoms with E-state index in [1.165, 1.54) is 26.4 Å². The molecule has 0 amide bonds. The molecule has 168 valence electrons. The number of aryl methyl sites for hydroxylation is 1. The summed E-state index contributed by atoms with van der Waals surface area (Å²) in [6.45, 7) is 1.83. The molecule has 0 saturated heterocycles. The summed E-state index contributed by atoms with van der Waals surface area (Å²) in [6.07, 6.45) is 0. The molecule has 2 aromatic heterocycles. The molecule has 3 aromatic carbocycles. The van der Waals surface area contributed by atoms with Gasteiger partial charge in [0.25, 0.3) is 10.0 Å². The van der Waals surface area contributed by atoms with E-state index in [4.69, 9.17) is 18.4 Å². The Hall–Kier alpha value is -3.98. The highest BCUT2D eigenvalue weighted by Gasteiger charge is 2.28. The number of sulfonamides is 1. The van der Waals surface area contributed by atoms with Crippen LogP contribution in [0.5, 0.6) is 11.5 Å². The molecule has 33 heavy (non-hydrogen) atoms. The minimum atomic E-state index is -4.15. The summed E-state index contributed by atoms with van der Waals surface area (Å²) < 4.78 is 51.2. The van der Waals surface area contributed by atoms with Gasteiger partial charge in [-0.1, -0.05) is 41.6 Å². The third-order valence-electron chi connectivity index (χ3n) is 5.33. The molecule has 0 aliphatic heterocycles. The summed E-state index contributed by atoms with van der Waals surface area (Å²) in [5, 5.41) is 5.25. The molecule has 2 heterocycles. The number of hydrogen-bond acceptors (Lipinski definition) is 7. The largest absolute Gasteiger partial charge is 0.495 e. The molecule has 0 aliphatic rings. The van der Waals surface area contributed by atoms with Crippen LogP contribution in [0.1, 0.15) is 5.76 Å². The monoisotopic (exact) mass is 464 g/mol. The Kier molecular flexibility index (Phi) is 4.98. The van der Waals surface area contributed by atoms with E-state index in [-0.39, 0.29) is 22.2 Å². The highest BCUT2D eigenvalue weighted by molar-refractivity contribution is 7.93. The fourth-order valence-corrected chi connectivity index (χ4v) is 5.24. The fourth-order valence-electron chi connectivity index (χ4n) is 3.92. The highest BCUT2D eigenvalue weighted by Crippen LogP contribution is 2.41. The standard InChI is InChI=1S/C24H20N2O6S/c1-14-12-17-16(15-8-5-4-6-9-15)13-20-21(22(17)31-14)24(25-32-20)26-33(27,28)23-18(29-2)10-7-11-19(23)30-3/h4-13H,1-3H3,(H,25,26). The predicted molar refractivity (Wildman–Crippen MR) is 124 cm³/mol. The first-order valence-electron chi connectivity index (χ1n) is 10.0. The number of fused-ring (bicyclic) bond motifs is 3. The number of ether oxygens (including phenoxy) is 2. The van der Waals surface area contributed by atoms with E-state index in [0.717, 1.165) is 16.5 Å². The number of furan rings is 1. The third kappa shape index (κ3) is 3.46. The van der Waals surface area contributed by atoms with E-state index in [1.807, 2.05) is 49.4 Å². The lowest BCUT2D eigenvalue weighted by Gasteiger charge is -2.13. The van der Waals surface area contributed by atoms with E-state index in [9.17, 15) is 8.42 Å². The topological polar surface area (TPSA) is 104 Å². The summed E-state index contributed by atoms with van der Waals surface area (Å²) in [6, 6.07) is 18.2. The van der Waals surface area contributed by atoms with E-state index in [2.05, 4.69) is 9.88 Å². The quantitative estimate of drug-likeness (QED) is 0.360. The average molecular weight is 464 g/mol. The smallest absolute Gasteiger partial charge is 0.270 e. The zero-order chi connectivity index (χ0) is 23.2. The Labute approximate surface area is 189 Å². The van der Waals surface area contributed by atoms with Crippen LogP contribution in [0.25, 0.3) is 33.1 Å². The van der Waals surface area contributed by atoms with Gasteiger partial charge in [-0.05, 0) is 42.3 Å². The summed E-state index contributed by atoms with van der Waals surface area (Å²) in [5.74, 6) is 0.966. The number of aromatic nitrogens is 1. The zero-order valence-corrected chi connectivity index (χ0v) is 18.9. The maximum atomic E-state index is 13.3. The van der Waals surface area contributed by atoms with Gasteiger partial charge in [0.15, 0.2) is 16.3 Å². The molecule has 1 N–H and O–H groups in total. The van der Waals surface area contributed by atoms with Crippen LogP contribution in [0.15, 0.2) is 74.5 Å². The Morgan fingerprint density at radius 2 is 1.64 bits per heavy atom. The second-order valence-electron chi connectivity index (χ2n) is 7.39. The van der Waals surface area contributed by atoms with Crippen molar-refractivity contribution >= 4 is 37.8 Å². The Bertz CT molecular complexity index is 1560. The summed E-state index contributed by atoms with van der Waals surface area (Å²) >= 11 is 0. The highest BCUT2D eigenvalue weighted by atomic mass is 32.2. The maximum Gasteiger partial charge on any atom is 0.270 e. The molecular weight excluding hydrogens is 444 g/mol. The molecule has 0 fully saturated rings. The molecule has 5 rings (SSSR count). The zero-order valence-electron chi connectivity index (χ0n) is 18.1. The SMILES string of the molecule is COc1cccc(OC)c1S(=O)(=O)Nc1noc2cc(-c3ccccc3)c3cc(C)oc3c12. The summed E-state index contributed by atoms with van der Waals surface area (Å²) in [7, 11) is -1.37. The van der Waals surface area contributed by atoms with Gasteiger partial charge in [-0.3, -0.25) is 4.72 Å². The van der Waals surface area contributed by atoms with Gasteiger partial charge in [-0.25, -0.2) is 8.42 Å². The summed E-state index contributed by atoms with van der Waals surface area (Å²) in [4.78, 5) is -0.140. The first-order chi connectivity index (χ1) is 15.9. The third-order valence-corrected chi connectivity index (χ3v) is 6.74. The lowest BCUT2D eigenvalue weighted by molar-refractivity contribution is 0.373. The van der Waals surface area contributed by atoms with E-state index >= 15 is 0 Å². The van der Waals surface area contributed by atoms with E-state index < -0.39 is 10.0 Å². The predicted octanol–water partition coefficient (Wildman–Crippen LogP) is 5.37. The van der Waals surface area contributed by atoms with E-state index in [0.29, 0.717) is 22.3 Å². The van der Waals surface area contributed by atoms with Crippen molar-refractivity contribution in [2.45, 2.75) is 11.8 Å². The van der Waals surface area contributed by atoms with Crippen LogP contribution in [0.3, 0.4) is 0 Å². The van der Waals surface area contributed by atoms with Gasteiger partial charge in [0.2, 0.25) is 0 Å². The number of nitrogens with zero attached hydrogens (tertiary/aromatic N) is 1. The maximum absolute atomic E-state index is 13.3. The minimum Gasteiger partial charge on any atom is -0.495 e. The van der Waals surface area contributed by atoms with Gasteiger partial charge in [-0.2, -0.15) is 0 Å². The molecule has 9 heteroatoms. The van der Waals surface area contributed by atoms with Gasteiger partial charge < -0.3 is 18.4 Å². The van der Waals surface area contributed by atoms with Crippen LogP contribution in [-0.2, 0) is 10.0 Å². The molecule has 0 radical (unpaired) electrons. The Morgan fingerprint density at radius 3 is 2.30 bits per heavy atom. The second-order valence-corrected chi connectivity index (χ2v) is 9.01. The molecule has 0 aliphatic carbocycles.